The predicted octanol–water partition coefficient (Wildman–Crippen LogP) is 3.25. The second-order valence-electron chi connectivity index (χ2n) is 5.98. The summed E-state index contributed by atoms with van der Waals surface area (Å²) in [6.07, 6.45) is 4.17. The third-order valence-corrected chi connectivity index (χ3v) is 4.74. The maximum atomic E-state index is 10.9. The third kappa shape index (κ3) is 2.22. The first-order valence-electron chi connectivity index (χ1n) is 7.24. The summed E-state index contributed by atoms with van der Waals surface area (Å²) in [6, 6.07) is 9.22. The van der Waals surface area contributed by atoms with Crippen LogP contribution in [0, 0.1) is 5.92 Å². The average Bonchev–Trinajstić information content (AvgIpc) is 2.66. The Balaban J connectivity index is 1.85. The average molecular weight is 259 g/mol. The number of rotatable bonds is 4. The summed E-state index contributed by atoms with van der Waals surface area (Å²) in [5, 5.41) is 9.01. The van der Waals surface area contributed by atoms with E-state index in [2.05, 4.69) is 36.1 Å². The van der Waals surface area contributed by atoms with E-state index in [1.54, 1.807) is 0 Å². The normalized spacial score (nSPS) is 23.8. The van der Waals surface area contributed by atoms with Gasteiger partial charge in [-0.15, -0.1) is 0 Å². The molecular formula is C16H21NO2. The first-order valence-corrected chi connectivity index (χ1v) is 7.24. The largest absolute Gasteiger partial charge is 0.481 e. The van der Waals surface area contributed by atoms with Crippen LogP contribution in [0.3, 0.4) is 0 Å². The van der Waals surface area contributed by atoms with Crippen LogP contribution >= 0.6 is 0 Å². The molecule has 1 aromatic rings. The van der Waals surface area contributed by atoms with Crippen LogP contribution in [0.15, 0.2) is 24.3 Å². The van der Waals surface area contributed by atoms with Gasteiger partial charge in [0.05, 0.1) is 0 Å². The Morgan fingerprint density at radius 2 is 2.16 bits per heavy atom. The Labute approximate surface area is 114 Å². The summed E-state index contributed by atoms with van der Waals surface area (Å²) in [7, 11) is 0. The monoisotopic (exact) mass is 259 g/mol. The van der Waals surface area contributed by atoms with Crippen LogP contribution < -0.4 is 4.90 Å². The molecule has 1 aliphatic carbocycles. The molecule has 3 rings (SSSR count). The van der Waals surface area contributed by atoms with Crippen molar-refractivity contribution in [2.24, 2.45) is 5.92 Å². The van der Waals surface area contributed by atoms with Gasteiger partial charge in [-0.25, -0.2) is 0 Å². The summed E-state index contributed by atoms with van der Waals surface area (Å²) in [4.78, 5) is 13.5. The van der Waals surface area contributed by atoms with Crippen molar-refractivity contribution >= 4 is 11.7 Å². The van der Waals surface area contributed by atoms with E-state index < -0.39 is 5.97 Å². The predicted molar refractivity (Wildman–Crippen MR) is 75.6 cm³/mol. The number of aliphatic carboxylic acids is 1. The van der Waals surface area contributed by atoms with E-state index in [0.717, 1.165) is 6.54 Å². The van der Waals surface area contributed by atoms with Gasteiger partial charge in [0, 0.05) is 30.6 Å². The molecule has 1 N–H and O–H groups in total. The van der Waals surface area contributed by atoms with Gasteiger partial charge in [-0.05, 0) is 36.8 Å². The molecule has 0 radical (unpaired) electrons. The SMILES string of the molecule is CC(CC(=O)O)C1CN(C2CCC2)c2ccccc21. The number of para-hydroxylation sites is 1. The standard InChI is InChI=1S/C16H21NO2/c1-11(9-16(18)19)14-10-17(12-5-4-6-12)15-8-3-2-7-13(14)15/h2-3,7-8,11-12,14H,4-6,9-10H2,1H3,(H,18,19). The number of carboxylic acid groups (broad SMARTS) is 1. The van der Waals surface area contributed by atoms with E-state index in [0.29, 0.717) is 12.0 Å². The van der Waals surface area contributed by atoms with Crippen LogP contribution in [0.25, 0.3) is 0 Å². The van der Waals surface area contributed by atoms with E-state index in [1.165, 1.54) is 30.5 Å². The lowest BCUT2D eigenvalue weighted by Gasteiger charge is -2.37. The highest BCUT2D eigenvalue weighted by Gasteiger charge is 2.37. The highest BCUT2D eigenvalue weighted by molar-refractivity contribution is 5.68. The zero-order chi connectivity index (χ0) is 13.4. The minimum atomic E-state index is -0.688. The minimum Gasteiger partial charge on any atom is -0.481 e. The maximum absolute atomic E-state index is 10.9. The Bertz CT molecular complexity index is 481. The lowest BCUT2D eigenvalue weighted by Crippen LogP contribution is -2.39. The van der Waals surface area contributed by atoms with Crippen molar-refractivity contribution in [3.05, 3.63) is 29.8 Å². The molecule has 3 heteroatoms. The van der Waals surface area contributed by atoms with Crippen molar-refractivity contribution in [3.8, 4) is 0 Å². The summed E-state index contributed by atoms with van der Waals surface area (Å²) in [5.41, 5.74) is 2.69. The summed E-state index contributed by atoms with van der Waals surface area (Å²) >= 11 is 0. The zero-order valence-electron chi connectivity index (χ0n) is 11.4. The van der Waals surface area contributed by atoms with Crippen molar-refractivity contribution in [1.82, 2.24) is 0 Å². The van der Waals surface area contributed by atoms with Gasteiger partial charge in [0.2, 0.25) is 0 Å². The lowest BCUT2D eigenvalue weighted by molar-refractivity contribution is -0.138. The van der Waals surface area contributed by atoms with Crippen LogP contribution in [0.2, 0.25) is 0 Å². The van der Waals surface area contributed by atoms with Crippen molar-refractivity contribution in [1.29, 1.82) is 0 Å². The van der Waals surface area contributed by atoms with Gasteiger partial charge in [-0.2, -0.15) is 0 Å². The molecule has 2 unspecified atom stereocenters. The number of hydrogen-bond donors (Lipinski definition) is 1. The third-order valence-electron chi connectivity index (χ3n) is 4.74. The summed E-state index contributed by atoms with van der Waals surface area (Å²) in [6.45, 7) is 3.07. The van der Waals surface area contributed by atoms with Crippen LogP contribution in [0.1, 0.15) is 44.1 Å². The molecule has 0 amide bonds. The summed E-state index contributed by atoms with van der Waals surface area (Å²) in [5.74, 6) is -0.122. The molecule has 1 aromatic carbocycles. The van der Waals surface area contributed by atoms with E-state index in [1.807, 2.05) is 0 Å². The van der Waals surface area contributed by atoms with Gasteiger partial charge in [0.15, 0.2) is 0 Å². The first-order chi connectivity index (χ1) is 9.16. The second-order valence-corrected chi connectivity index (χ2v) is 5.98. The Morgan fingerprint density at radius 1 is 1.42 bits per heavy atom. The molecule has 1 fully saturated rings. The Kier molecular flexibility index (Phi) is 3.21. The van der Waals surface area contributed by atoms with Crippen LogP contribution in [-0.2, 0) is 4.79 Å². The van der Waals surface area contributed by atoms with E-state index in [-0.39, 0.29) is 12.3 Å². The van der Waals surface area contributed by atoms with Crippen molar-refractivity contribution < 1.29 is 9.90 Å². The van der Waals surface area contributed by atoms with E-state index in [9.17, 15) is 4.79 Å². The Morgan fingerprint density at radius 3 is 2.79 bits per heavy atom. The molecule has 2 atom stereocenters. The molecule has 19 heavy (non-hydrogen) atoms. The van der Waals surface area contributed by atoms with E-state index in [4.69, 9.17) is 5.11 Å². The highest BCUT2D eigenvalue weighted by atomic mass is 16.4. The molecule has 102 valence electrons. The molecule has 1 saturated carbocycles. The highest BCUT2D eigenvalue weighted by Crippen LogP contribution is 2.44. The van der Waals surface area contributed by atoms with Crippen LogP contribution in [0.4, 0.5) is 5.69 Å². The second kappa shape index (κ2) is 4.87. The van der Waals surface area contributed by atoms with Gasteiger partial charge in [0.1, 0.15) is 0 Å². The fourth-order valence-corrected chi connectivity index (χ4v) is 3.42. The van der Waals surface area contributed by atoms with Gasteiger partial charge < -0.3 is 10.0 Å². The molecule has 1 aliphatic heterocycles. The molecule has 0 aromatic heterocycles. The van der Waals surface area contributed by atoms with Crippen LogP contribution in [0.5, 0.6) is 0 Å². The zero-order valence-corrected chi connectivity index (χ0v) is 11.4. The molecule has 0 bridgehead atoms. The molecule has 1 heterocycles. The van der Waals surface area contributed by atoms with Gasteiger partial charge in [-0.3, -0.25) is 4.79 Å². The van der Waals surface area contributed by atoms with Gasteiger partial charge in [0.25, 0.3) is 0 Å². The number of hydrogen-bond acceptors (Lipinski definition) is 2. The maximum Gasteiger partial charge on any atom is 0.303 e. The van der Waals surface area contributed by atoms with Crippen molar-refractivity contribution in [2.45, 2.75) is 44.6 Å². The number of carboxylic acids is 1. The quantitative estimate of drug-likeness (QED) is 0.902. The van der Waals surface area contributed by atoms with Gasteiger partial charge in [-0.1, -0.05) is 25.1 Å². The first kappa shape index (κ1) is 12.5. The number of benzene rings is 1. The van der Waals surface area contributed by atoms with Crippen LogP contribution in [-0.4, -0.2) is 23.7 Å². The number of anilines is 1. The fourth-order valence-electron chi connectivity index (χ4n) is 3.42. The topological polar surface area (TPSA) is 40.5 Å². The van der Waals surface area contributed by atoms with E-state index >= 15 is 0 Å². The Hall–Kier alpha value is -1.51. The minimum absolute atomic E-state index is 0.198. The van der Waals surface area contributed by atoms with Gasteiger partial charge >= 0.3 is 5.97 Å². The van der Waals surface area contributed by atoms with Crippen molar-refractivity contribution in [3.63, 3.8) is 0 Å². The number of fused-ring (bicyclic) bond motifs is 1. The molecule has 2 aliphatic rings. The molecule has 3 nitrogen and oxygen atoms in total. The number of nitrogens with zero attached hydrogens (tertiary/aromatic N) is 1. The molecule has 0 spiro atoms. The molecule has 0 saturated heterocycles. The lowest BCUT2D eigenvalue weighted by atomic mass is 9.86. The smallest absolute Gasteiger partial charge is 0.303 e. The fraction of sp³-hybridized carbons (Fsp3) is 0.562. The number of carbonyl (C=O) groups is 1. The van der Waals surface area contributed by atoms with Crippen molar-refractivity contribution in [2.75, 3.05) is 11.4 Å². The summed E-state index contributed by atoms with van der Waals surface area (Å²) < 4.78 is 0. The molecular weight excluding hydrogens is 238 g/mol.